The molecule has 1 aliphatic rings. The predicted octanol–water partition coefficient (Wildman–Crippen LogP) is -5.73. The molecule has 0 aromatic carbocycles. The van der Waals surface area contributed by atoms with Crippen molar-refractivity contribution >= 4 is 19.1 Å². The molecule has 0 radical (unpaired) electrons. The van der Waals surface area contributed by atoms with Crippen molar-refractivity contribution in [3.05, 3.63) is 0 Å². The van der Waals surface area contributed by atoms with Crippen LogP contribution in [0.15, 0.2) is 0 Å². The summed E-state index contributed by atoms with van der Waals surface area (Å²) in [5.74, 6) is 0.885. The van der Waals surface area contributed by atoms with Crippen LogP contribution in [-0.4, -0.2) is 23.6 Å². The maximum atomic E-state index is 11.1. The van der Waals surface area contributed by atoms with Crippen molar-refractivity contribution < 1.29 is 68.6 Å². The summed E-state index contributed by atoms with van der Waals surface area (Å²) >= 11 is 1.46. The fourth-order valence-corrected chi connectivity index (χ4v) is 3.26. The van der Waals surface area contributed by atoms with E-state index >= 15 is 0 Å². The summed E-state index contributed by atoms with van der Waals surface area (Å²) in [6.07, 6.45) is 0. The van der Waals surface area contributed by atoms with E-state index in [1.54, 1.807) is 6.92 Å². The van der Waals surface area contributed by atoms with Crippen LogP contribution in [0.5, 0.6) is 0 Å². The van der Waals surface area contributed by atoms with Gasteiger partial charge in [-0.25, -0.2) is 0 Å². The van der Waals surface area contributed by atoms with Crippen LogP contribution in [0.25, 0.3) is 0 Å². The van der Waals surface area contributed by atoms with E-state index in [1.807, 2.05) is 0 Å². The molecule has 3 nitrogen and oxygen atoms in total. The van der Waals surface area contributed by atoms with Gasteiger partial charge in [-0.15, -0.1) is 11.8 Å². The number of thioether (sulfide) groups is 1. The number of rotatable bonds is 1. The normalized spacial score (nSPS) is 32.9. The smallest absolute Gasteiger partial charge is 0.798 e. The molecule has 0 aliphatic carbocycles. The summed E-state index contributed by atoms with van der Waals surface area (Å²) in [6, 6.07) is 0. The molecule has 1 fully saturated rings. The monoisotopic (exact) mass is 226 g/mol. The molecule has 0 saturated carbocycles. The molecule has 0 amide bonds. The van der Waals surface area contributed by atoms with Crippen molar-refractivity contribution in [3.8, 4) is 0 Å². The summed E-state index contributed by atoms with van der Waals surface area (Å²) in [5.41, 5.74) is 0. The van der Waals surface area contributed by atoms with Gasteiger partial charge in [0.05, 0.1) is 0 Å². The first-order chi connectivity index (χ1) is 4.46. The van der Waals surface area contributed by atoms with Crippen LogP contribution >= 0.6 is 19.1 Å². The van der Waals surface area contributed by atoms with Crippen molar-refractivity contribution in [2.24, 2.45) is 0 Å². The Balaban J connectivity index is 0. The Kier molecular flexibility index (Phi) is 8.69. The van der Waals surface area contributed by atoms with Crippen molar-refractivity contribution in [2.45, 2.75) is 11.5 Å². The van der Waals surface area contributed by atoms with E-state index in [4.69, 9.17) is 0 Å². The van der Waals surface area contributed by atoms with E-state index < -0.39 is 12.0 Å². The Hall–Kier alpha value is 2.50. The third-order valence-electron chi connectivity index (χ3n) is 1.71. The quantitative estimate of drug-likeness (QED) is 0.357. The molecule has 0 aromatic rings. The molecular formula is C5H11NNa2O2PS+. The first-order valence-corrected chi connectivity index (χ1v) is 6.19. The third kappa shape index (κ3) is 3.93. The van der Waals surface area contributed by atoms with Crippen LogP contribution in [-0.2, 0) is 4.57 Å². The van der Waals surface area contributed by atoms with Gasteiger partial charge in [0.25, 0.3) is 0 Å². The second-order valence-electron chi connectivity index (χ2n) is 2.60. The van der Waals surface area contributed by atoms with Crippen LogP contribution < -0.4 is 69.3 Å². The fraction of sp³-hybridized carbons (Fsp3) is 1.00. The average molecular weight is 226 g/mol. The maximum Gasteiger partial charge on any atom is 1.00 e. The zero-order chi connectivity index (χ0) is 7.83. The predicted molar refractivity (Wildman–Crippen MR) is 42.4 cm³/mol. The van der Waals surface area contributed by atoms with Gasteiger partial charge < -0.3 is 9.46 Å². The molecule has 0 spiro atoms. The van der Waals surface area contributed by atoms with Crippen LogP contribution in [0.2, 0.25) is 0 Å². The number of hydrogen-bond donors (Lipinski definition) is 1. The molecule has 1 saturated heterocycles. The second-order valence-corrected chi connectivity index (χ2v) is 7.01. The molecule has 0 aromatic heterocycles. The molecule has 1 rings (SSSR count). The minimum atomic E-state index is -3.22. The third-order valence-corrected chi connectivity index (χ3v) is 5.92. The molecule has 1 heterocycles. The molecule has 12 heavy (non-hydrogen) atoms. The molecule has 2 atom stereocenters. The fourth-order valence-electron chi connectivity index (χ4n) is 0.845. The summed E-state index contributed by atoms with van der Waals surface area (Å²) in [7, 11) is -3.22. The molecular weight excluding hydrogens is 215 g/mol. The molecule has 1 aliphatic heterocycles. The van der Waals surface area contributed by atoms with Gasteiger partial charge in [-0.1, -0.05) is 0 Å². The van der Waals surface area contributed by atoms with Gasteiger partial charge in [0.2, 0.25) is 0 Å². The molecule has 0 bridgehead atoms. The van der Waals surface area contributed by atoms with Crippen molar-refractivity contribution in [1.29, 1.82) is 0 Å². The molecule has 60 valence electrons. The SMILES string of the molecule is CC1(P(C)(=O)[O-])NCCS1.[Na+].[Na+]. The Bertz CT molecular complexity index is 180. The van der Waals surface area contributed by atoms with Crippen molar-refractivity contribution in [3.63, 3.8) is 0 Å². The minimum absolute atomic E-state index is 0. The van der Waals surface area contributed by atoms with Gasteiger partial charge in [-0.2, -0.15) is 0 Å². The topological polar surface area (TPSA) is 52.2 Å². The van der Waals surface area contributed by atoms with Crippen LogP contribution in [0.4, 0.5) is 0 Å². The van der Waals surface area contributed by atoms with E-state index in [1.165, 1.54) is 18.4 Å². The molecule has 2 unspecified atom stereocenters. The second kappa shape index (κ2) is 6.16. The van der Waals surface area contributed by atoms with Crippen molar-refractivity contribution in [2.75, 3.05) is 19.0 Å². The zero-order valence-electron chi connectivity index (χ0n) is 8.09. The Morgan fingerprint density at radius 2 is 2.08 bits per heavy atom. The van der Waals surface area contributed by atoms with Gasteiger partial charge in [-0.3, -0.25) is 5.32 Å². The van der Waals surface area contributed by atoms with E-state index in [9.17, 15) is 9.46 Å². The van der Waals surface area contributed by atoms with Crippen LogP contribution in [0.3, 0.4) is 0 Å². The number of hydrogen-bond acceptors (Lipinski definition) is 4. The average Bonchev–Trinajstić information content (AvgIpc) is 2.13. The van der Waals surface area contributed by atoms with Gasteiger partial charge in [0, 0.05) is 19.7 Å². The Morgan fingerprint density at radius 1 is 1.58 bits per heavy atom. The summed E-state index contributed by atoms with van der Waals surface area (Å²) in [5, 5.41) is 2.96. The number of nitrogens with one attached hydrogen (secondary N) is 1. The van der Waals surface area contributed by atoms with Gasteiger partial charge in [0.15, 0.2) is 0 Å². The Labute approximate surface area is 122 Å². The van der Waals surface area contributed by atoms with Gasteiger partial charge >= 0.3 is 59.1 Å². The Morgan fingerprint density at radius 3 is 2.25 bits per heavy atom. The van der Waals surface area contributed by atoms with Crippen molar-refractivity contribution in [1.82, 2.24) is 5.32 Å². The van der Waals surface area contributed by atoms with Crippen LogP contribution in [0.1, 0.15) is 6.92 Å². The van der Waals surface area contributed by atoms with E-state index in [0.29, 0.717) is 0 Å². The maximum absolute atomic E-state index is 11.1. The van der Waals surface area contributed by atoms with Gasteiger partial charge in [-0.05, 0) is 13.6 Å². The first kappa shape index (κ1) is 16.9. The summed E-state index contributed by atoms with van der Waals surface area (Å²) in [4.78, 5) is 11.1. The van der Waals surface area contributed by atoms with E-state index in [0.717, 1.165) is 12.3 Å². The standard InChI is InChI=1S/C5H12NO2PS.2Na/c1-5(9(2,7)8)6-3-4-10-5;;/h6H,3-4H2,1-2H3,(H,7,8);;/q;2*+1/p-1. The summed E-state index contributed by atoms with van der Waals surface area (Å²) < 4.78 is 10.4. The largest absolute Gasteiger partial charge is 1.00 e. The summed E-state index contributed by atoms with van der Waals surface area (Å²) in [6.45, 7) is 3.80. The molecule has 1 N–H and O–H groups in total. The van der Waals surface area contributed by atoms with Crippen LogP contribution in [0, 0.1) is 0 Å². The molecule has 7 heteroatoms. The minimum Gasteiger partial charge on any atom is -0.798 e. The van der Waals surface area contributed by atoms with E-state index in [2.05, 4.69) is 5.32 Å². The van der Waals surface area contributed by atoms with Gasteiger partial charge in [0.1, 0.15) is 4.61 Å². The zero-order valence-corrected chi connectivity index (χ0v) is 13.8. The first-order valence-electron chi connectivity index (χ1n) is 3.13. The van der Waals surface area contributed by atoms with E-state index in [-0.39, 0.29) is 59.1 Å².